The van der Waals surface area contributed by atoms with Crippen LogP contribution in [0.15, 0.2) is 30.7 Å². The summed E-state index contributed by atoms with van der Waals surface area (Å²) in [5, 5.41) is 0. The van der Waals surface area contributed by atoms with Gasteiger partial charge in [0.05, 0.1) is 12.0 Å². The van der Waals surface area contributed by atoms with Crippen molar-refractivity contribution >= 4 is 0 Å². The van der Waals surface area contributed by atoms with Gasteiger partial charge in [-0.15, -0.1) is 0 Å². The predicted octanol–water partition coefficient (Wildman–Crippen LogP) is 2.85. The van der Waals surface area contributed by atoms with E-state index in [1.54, 1.807) is 10.8 Å². The second kappa shape index (κ2) is 5.48. The molecule has 1 unspecified atom stereocenters. The third kappa shape index (κ3) is 2.66. The number of hydrogen-bond donors (Lipinski definition) is 1. The third-order valence-corrected chi connectivity index (χ3v) is 3.27. The third-order valence-electron chi connectivity index (χ3n) is 3.27. The summed E-state index contributed by atoms with van der Waals surface area (Å²) < 4.78 is 28.4. The predicted molar refractivity (Wildman–Crippen MR) is 70.1 cm³/mol. The van der Waals surface area contributed by atoms with Crippen molar-refractivity contribution in [1.29, 1.82) is 0 Å². The number of nitrogens with two attached hydrogens (primary N) is 1. The first-order valence-electron chi connectivity index (χ1n) is 6.22. The molecule has 2 N–H and O–H groups in total. The van der Waals surface area contributed by atoms with Gasteiger partial charge >= 0.3 is 0 Å². The molecule has 0 saturated heterocycles. The molecule has 19 heavy (non-hydrogen) atoms. The van der Waals surface area contributed by atoms with Crippen LogP contribution in [0.4, 0.5) is 8.78 Å². The maximum Gasteiger partial charge on any atom is 0.150 e. The zero-order chi connectivity index (χ0) is 14.0. The first-order chi connectivity index (χ1) is 9.04. The fourth-order valence-corrected chi connectivity index (χ4v) is 2.19. The molecule has 1 heterocycles. The minimum absolute atomic E-state index is 0.0759. The van der Waals surface area contributed by atoms with E-state index in [-0.39, 0.29) is 11.6 Å². The number of halogens is 2. The Morgan fingerprint density at radius 3 is 2.63 bits per heavy atom. The lowest BCUT2D eigenvalue weighted by Crippen LogP contribution is -2.20. The van der Waals surface area contributed by atoms with E-state index in [1.807, 2.05) is 0 Å². The lowest BCUT2D eigenvalue weighted by atomic mass is 9.93. The Bertz CT molecular complexity index is 564. The van der Waals surface area contributed by atoms with Crippen LogP contribution in [0.25, 0.3) is 5.69 Å². The monoisotopic (exact) mass is 265 g/mol. The number of benzene rings is 1. The second-order valence-electron chi connectivity index (χ2n) is 4.87. The Labute approximate surface area is 111 Å². The maximum absolute atomic E-state index is 13.8. The maximum atomic E-state index is 13.8. The molecule has 1 aromatic carbocycles. The summed E-state index contributed by atoms with van der Waals surface area (Å²) >= 11 is 0. The molecule has 0 aliphatic rings. The van der Waals surface area contributed by atoms with Crippen LogP contribution in [0.2, 0.25) is 0 Å². The number of imidazole rings is 1. The van der Waals surface area contributed by atoms with Crippen molar-refractivity contribution in [3.63, 3.8) is 0 Å². The quantitative estimate of drug-likeness (QED) is 0.923. The Hall–Kier alpha value is -1.75. The fraction of sp³-hybridized carbons (Fsp3) is 0.357. The number of rotatable bonds is 4. The smallest absolute Gasteiger partial charge is 0.150 e. The molecule has 0 bridgehead atoms. The lowest BCUT2D eigenvalue weighted by molar-refractivity contribution is 0.487. The van der Waals surface area contributed by atoms with E-state index >= 15 is 0 Å². The van der Waals surface area contributed by atoms with Crippen LogP contribution in [0, 0.1) is 17.6 Å². The zero-order valence-electron chi connectivity index (χ0n) is 11.0. The molecule has 0 radical (unpaired) electrons. The van der Waals surface area contributed by atoms with E-state index in [0.29, 0.717) is 12.5 Å². The highest BCUT2D eigenvalue weighted by molar-refractivity contribution is 5.36. The molecule has 5 heteroatoms. The molecule has 0 fully saturated rings. The minimum atomic E-state index is -0.612. The van der Waals surface area contributed by atoms with Crippen LogP contribution in [0.3, 0.4) is 0 Å². The van der Waals surface area contributed by atoms with Gasteiger partial charge in [-0.3, -0.25) is 4.57 Å². The molecule has 0 aliphatic carbocycles. The van der Waals surface area contributed by atoms with Crippen LogP contribution >= 0.6 is 0 Å². The number of nitrogens with zero attached hydrogens (tertiary/aromatic N) is 2. The van der Waals surface area contributed by atoms with Gasteiger partial charge in [0.25, 0.3) is 0 Å². The van der Waals surface area contributed by atoms with Crippen LogP contribution in [-0.2, 0) is 0 Å². The van der Waals surface area contributed by atoms with Crippen LogP contribution < -0.4 is 5.73 Å². The van der Waals surface area contributed by atoms with Crippen molar-refractivity contribution in [3.8, 4) is 5.69 Å². The standard InChI is InChI=1S/C14H17F2N3/c1-9(2)11(6-17)14-7-18-8-19(14)13-4-3-10(15)5-12(13)16/h3-5,7-9,11H,6,17H2,1-2H3. The van der Waals surface area contributed by atoms with Gasteiger partial charge in [0.2, 0.25) is 0 Å². The summed E-state index contributed by atoms with van der Waals surface area (Å²) in [6, 6.07) is 3.50. The van der Waals surface area contributed by atoms with Crippen molar-refractivity contribution in [1.82, 2.24) is 9.55 Å². The molecule has 0 amide bonds. The van der Waals surface area contributed by atoms with Crippen molar-refractivity contribution < 1.29 is 8.78 Å². The highest BCUT2D eigenvalue weighted by atomic mass is 19.1. The molecule has 3 nitrogen and oxygen atoms in total. The molecule has 2 rings (SSSR count). The summed E-state index contributed by atoms with van der Waals surface area (Å²) in [6.45, 7) is 4.55. The van der Waals surface area contributed by atoms with Crippen molar-refractivity contribution in [2.24, 2.45) is 11.7 Å². The van der Waals surface area contributed by atoms with Crippen molar-refractivity contribution in [2.75, 3.05) is 6.54 Å². The number of hydrogen-bond acceptors (Lipinski definition) is 2. The first kappa shape index (κ1) is 13.7. The molecule has 1 atom stereocenters. The average molecular weight is 265 g/mol. The molecule has 0 saturated carbocycles. The molecular formula is C14H17F2N3. The molecule has 0 aliphatic heterocycles. The van der Waals surface area contributed by atoms with Crippen LogP contribution in [-0.4, -0.2) is 16.1 Å². The van der Waals surface area contributed by atoms with E-state index in [1.165, 1.54) is 18.5 Å². The van der Waals surface area contributed by atoms with Crippen molar-refractivity contribution in [3.05, 3.63) is 48.1 Å². The van der Waals surface area contributed by atoms with Gasteiger partial charge in [-0.25, -0.2) is 13.8 Å². The summed E-state index contributed by atoms with van der Waals surface area (Å²) in [5.74, 6) is -0.822. The average Bonchev–Trinajstić information content (AvgIpc) is 2.78. The van der Waals surface area contributed by atoms with Gasteiger partial charge in [-0.2, -0.15) is 0 Å². The van der Waals surface area contributed by atoms with Crippen LogP contribution in [0.5, 0.6) is 0 Å². The summed E-state index contributed by atoms with van der Waals surface area (Å²) in [5.41, 5.74) is 6.90. The van der Waals surface area contributed by atoms with Gasteiger partial charge in [0.15, 0.2) is 0 Å². The molecular weight excluding hydrogens is 248 g/mol. The summed E-state index contributed by atoms with van der Waals surface area (Å²) in [6.07, 6.45) is 3.21. The summed E-state index contributed by atoms with van der Waals surface area (Å²) in [7, 11) is 0. The van der Waals surface area contributed by atoms with Crippen LogP contribution in [0.1, 0.15) is 25.5 Å². The van der Waals surface area contributed by atoms with Gasteiger partial charge in [-0.05, 0) is 18.1 Å². The normalized spacial score (nSPS) is 12.9. The van der Waals surface area contributed by atoms with Gasteiger partial charge in [0.1, 0.15) is 11.6 Å². The van der Waals surface area contributed by atoms with Gasteiger partial charge < -0.3 is 5.73 Å². The highest BCUT2D eigenvalue weighted by Crippen LogP contribution is 2.26. The molecule has 1 aromatic heterocycles. The summed E-state index contributed by atoms with van der Waals surface area (Å²) in [4.78, 5) is 4.06. The van der Waals surface area contributed by atoms with Gasteiger partial charge in [-0.1, -0.05) is 13.8 Å². The topological polar surface area (TPSA) is 43.8 Å². The zero-order valence-corrected chi connectivity index (χ0v) is 11.0. The Morgan fingerprint density at radius 1 is 1.32 bits per heavy atom. The van der Waals surface area contributed by atoms with E-state index in [9.17, 15) is 8.78 Å². The minimum Gasteiger partial charge on any atom is -0.330 e. The van der Waals surface area contributed by atoms with Crippen molar-refractivity contribution in [2.45, 2.75) is 19.8 Å². The van der Waals surface area contributed by atoms with Gasteiger partial charge in [0, 0.05) is 30.4 Å². The largest absolute Gasteiger partial charge is 0.330 e. The van der Waals surface area contributed by atoms with E-state index in [2.05, 4.69) is 18.8 Å². The fourth-order valence-electron chi connectivity index (χ4n) is 2.19. The Balaban J connectivity index is 2.49. The molecule has 102 valence electrons. The number of aromatic nitrogens is 2. The van der Waals surface area contributed by atoms with E-state index < -0.39 is 11.6 Å². The highest BCUT2D eigenvalue weighted by Gasteiger charge is 2.20. The van der Waals surface area contributed by atoms with E-state index in [0.717, 1.165) is 11.8 Å². The molecule has 2 aromatic rings. The van der Waals surface area contributed by atoms with E-state index in [4.69, 9.17) is 5.73 Å². The SMILES string of the molecule is CC(C)C(CN)c1cncn1-c1ccc(F)cc1F. The lowest BCUT2D eigenvalue weighted by Gasteiger charge is -2.20. The Morgan fingerprint density at radius 2 is 2.05 bits per heavy atom. The molecule has 0 spiro atoms. The first-order valence-corrected chi connectivity index (χ1v) is 6.22. The Kier molecular flexibility index (Phi) is 3.95. The second-order valence-corrected chi connectivity index (χ2v) is 4.87.